The number of nitrogens with one attached hydrogen (secondary N) is 1. The van der Waals surface area contributed by atoms with E-state index < -0.39 is 11.5 Å². The Morgan fingerprint density at radius 2 is 2.18 bits per heavy atom. The zero-order valence-corrected chi connectivity index (χ0v) is 15.8. The molecule has 2 aliphatic heterocycles. The summed E-state index contributed by atoms with van der Waals surface area (Å²) in [5.41, 5.74) is 2.04. The summed E-state index contributed by atoms with van der Waals surface area (Å²) in [6.07, 6.45) is 4.59. The number of hydrogen-bond donors (Lipinski definition) is 2. The molecule has 1 spiro atoms. The van der Waals surface area contributed by atoms with Gasteiger partial charge in [0.05, 0.1) is 18.6 Å². The molecule has 3 rings (SSSR count). The van der Waals surface area contributed by atoms with E-state index in [9.17, 15) is 14.4 Å². The fourth-order valence-corrected chi connectivity index (χ4v) is 3.67. The second kappa shape index (κ2) is 8.43. The van der Waals surface area contributed by atoms with E-state index in [0.717, 1.165) is 6.42 Å². The number of carbonyl (C=O) groups is 3. The van der Waals surface area contributed by atoms with E-state index in [1.807, 2.05) is 0 Å². The Labute approximate surface area is 163 Å². The smallest absolute Gasteiger partial charge is 0.409 e. The third-order valence-electron chi connectivity index (χ3n) is 5.07. The summed E-state index contributed by atoms with van der Waals surface area (Å²) >= 11 is 0. The molecule has 0 saturated carbocycles. The molecule has 2 aliphatic rings. The Morgan fingerprint density at radius 1 is 1.36 bits per heavy atom. The standard InChI is InChI=1S/C20H24N2O6/c1-2-27-19(25)22-10-3-8-20(9-11-22)13-16(23)15-12-14(4-6-17(15)28-20)5-7-18(24)21-26/h4-7,12,26H,2-3,8-11,13H2,1H3,(H,21,24)/b7-5+. The summed E-state index contributed by atoms with van der Waals surface area (Å²) < 4.78 is 11.3. The molecule has 0 aliphatic carbocycles. The van der Waals surface area contributed by atoms with Crippen LogP contribution in [0.1, 0.15) is 48.5 Å². The van der Waals surface area contributed by atoms with Gasteiger partial charge in [0.15, 0.2) is 5.78 Å². The molecule has 2 heterocycles. The van der Waals surface area contributed by atoms with Crippen molar-refractivity contribution in [2.24, 2.45) is 0 Å². The average molecular weight is 388 g/mol. The second-order valence-electron chi connectivity index (χ2n) is 6.99. The van der Waals surface area contributed by atoms with Crippen LogP contribution in [0.3, 0.4) is 0 Å². The quantitative estimate of drug-likeness (QED) is 0.468. The Balaban J connectivity index is 1.75. The Morgan fingerprint density at radius 3 is 2.93 bits per heavy atom. The lowest BCUT2D eigenvalue weighted by Crippen LogP contribution is -2.43. The van der Waals surface area contributed by atoms with Gasteiger partial charge in [-0.05, 0) is 43.5 Å². The molecule has 1 aromatic rings. The van der Waals surface area contributed by atoms with Crippen LogP contribution in [0, 0.1) is 0 Å². The number of carbonyl (C=O) groups excluding carboxylic acids is 3. The SMILES string of the molecule is CCOC(=O)N1CCCC2(CC1)CC(=O)c1cc(/C=C/C(=O)NO)ccc1O2. The number of nitrogens with zero attached hydrogens (tertiary/aromatic N) is 1. The van der Waals surface area contributed by atoms with Crippen molar-refractivity contribution in [3.05, 3.63) is 35.4 Å². The summed E-state index contributed by atoms with van der Waals surface area (Å²) in [4.78, 5) is 37.6. The molecule has 2 N–H and O–H groups in total. The summed E-state index contributed by atoms with van der Waals surface area (Å²) in [5.74, 6) is -0.152. The molecular weight excluding hydrogens is 364 g/mol. The number of likely N-dealkylation sites (tertiary alicyclic amines) is 1. The first-order chi connectivity index (χ1) is 13.5. The molecule has 1 saturated heterocycles. The molecule has 0 aromatic heterocycles. The molecule has 1 unspecified atom stereocenters. The predicted octanol–water partition coefficient (Wildman–Crippen LogP) is 2.55. The van der Waals surface area contributed by atoms with E-state index in [2.05, 4.69) is 0 Å². The number of ether oxygens (including phenoxy) is 2. The van der Waals surface area contributed by atoms with E-state index in [1.54, 1.807) is 30.0 Å². The zero-order chi connectivity index (χ0) is 20.1. The lowest BCUT2D eigenvalue weighted by atomic mass is 9.84. The van der Waals surface area contributed by atoms with E-state index in [0.29, 0.717) is 49.4 Å². The molecule has 0 bridgehead atoms. The number of amides is 2. The molecule has 2 amide bonds. The van der Waals surface area contributed by atoms with Gasteiger partial charge in [0.25, 0.3) is 5.91 Å². The normalized spacial score (nSPS) is 21.8. The van der Waals surface area contributed by atoms with Crippen molar-refractivity contribution >= 4 is 23.9 Å². The highest BCUT2D eigenvalue weighted by Gasteiger charge is 2.42. The fraction of sp³-hybridized carbons (Fsp3) is 0.450. The molecule has 0 radical (unpaired) electrons. The topological polar surface area (TPSA) is 105 Å². The highest BCUT2D eigenvalue weighted by atomic mass is 16.6. The van der Waals surface area contributed by atoms with Crippen molar-refractivity contribution in [2.75, 3.05) is 19.7 Å². The summed E-state index contributed by atoms with van der Waals surface area (Å²) in [6, 6.07) is 5.14. The number of ketones is 1. The van der Waals surface area contributed by atoms with Crippen molar-refractivity contribution in [1.29, 1.82) is 0 Å². The van der Waals surface area contributed by atoms with Crippen LogP contribution in [0.4, 0.5) is 4.79 Å². The van der Waals surface area contributed by atoms with Crippen molar-refractivity contribution in [1.82, 2.24) is 10.4 Å². The van der Waals surface area contributed by atoms with Crippen molar-refractivity contribution in [2.45, 2.75) is 38.2 Å². The summed E-state index contributed by atoms with van der Waals surface area (Å²) in [7, 11) is 0. The second-order valence-corrected chi connectivity index (χ2v) is 6.99. The van der Waals surface area contributed by atoms with E-state index >= 15 is 0 Å². The lowest BCUT2D eigenvalue weighted by Gasteiger charge is -2.37. The van der Waals surface area contributed by atoms with Crippen LogP contribution in [0.15, 0.2) is 24.3 Å². The highest BCUT2D eigenvalue weighted by molar-refractivity contribution is 6.01. The van der Waals surface area contributed by atoms with Gasteiger partial charge in [0.2, 0.25) is 0 Å². The minimum absolute atomic E-state index is 0.0207. The van der Waals surface area contributed by atoms with Crippen LogP contribution in [0.2, 0.25) is 0 Å². The number of benzene rings is 1. The zero-order valence-electron chi connectivity index (χ0n) is 15.8. The summed E-state index contributed by atoms with van der Waals surface area (Å²) in [5, 5.41) is 8.54. The van der Waals surface area contributed by atoms with Crippen molar-refractivity contribution in [3.63, 3.8) is 0 Å². The molecule has 1 aromatic carbocycles. The van der Waals surface area contributed by atoms with Gasteiger partial charge in [-0.2, -0.15) is 0 Å². The van der Waals surface area contributed by atoms with Crippen LogP contribution in [-0.2, 0) is 9.53 Å². The van der Waals surface area contributed by atoms with Gasteiger partial charge in [0.1, 0.15) is 11.4 Å². The largest absolute Gasteiger partial charge is 0.486 e. The Kier molecular flexibility index (Phi) is 5.99. The number of Topliss-reactive ketones (excluding diaryl/α,β-unsaturated/α-hetero) is 1. The van der Waals surface area contributed by atoms with Crippen molar-refractivity contribution in [3.8, 4) is 5.75 Å². The van der Waals surface area contributed by atoms with E-state index in [1.165, 1.54) is 17.6 Å². The molecule has 1 atom stereocenters. The highest BCUT2D eigenvalue weighted by Crippen LogP contribution is 2.39. The van der Waals surface area contributed by atoms with Gasteiger partial charge < -0.3 is 14.4 Å². The van der Waals surface area contributed by atoms with Crippen LogP contribution >= 0.6 is 0 Å². The maximum atomic E-state index is 12.8. The van der Waals surface area contributed by atoms with Gasteiger partial charge in [-0.25, -0.2) is 10.3 Å². The van der Waals surface area contributed by atoms with E-state index in [4.69, 9.17) is 14.7 Å². The maximum Gasteiger partial charge on any atom is 0.409 e. The average Bonchev–Trinajstić information content (AvgIpc) is 2.89. The summed E-state index contributed by atoms with van der Waals surface area (Å²) in [6.45, 7) is 3.18. The van der Waals surface area contributed by atoms with E-state index in [-0.39, 0.29) is 18.3 Å². The first-order valence-corrected chi connectivity index (χ1v) is 9.36. The number of hydrogen-bond acceptors (Lipinski definition) is 6. The van der Waals surface area contributed by atoms with Crippen LogP contribution in [0.25, 0.3) is 6.08 Å². The van der Waals surface area contributed by atoms with Gasteiger partial charge in [-0.15, -0.1) is 0 Å². The third-order valence-corrected chi connectivity index (χ3v) is 5.07. The van der Waals surface area contributed by atoms with Gasteiger partial charge in [-0.1, -0.05) is 6.07 Å². The minimum Gasteiger partial charge on any atom is -0.486 e. The first-order valence-electron chi connectivity index (χ1n) is 9.36. The molecule has 8 nitrogen and oxygen atoms in total. The Bertz CT molecular complexity index is 806. The molecule has 28 heavy (non-hydrogen) atoms. The molecular formula is C20H24N2O6. The lowest BCUT2D eigenvalue weighted by molar-refractivity contribution is -0.124. The van der Waals surface area contributed by atoms with Gasteiger partial charge in [-0.3, -0.25) is 14.8 Å². The number of rotatable bonds is 3. The van der Waals surface area contributed by atoms with Gasteiger partial charge >= 0.3 is 6.09 Å². The number of hydroxylamine groups is 1. The maximum absolute atomic E-state index is 12.8. The van der Waals surface area contributed by atoms with Gasteiger partial charge in [0, 0.05) is 25.6 Å². The first kappa shape index (κ1) is 19.9. The fourth-order valence-electron chi connectivity index (χ4n) is 3.67. The molecule has 8 heteroatoms. The third kappa shape index (κ3) is 4.33. The van der Waals surface area contributed by atoms with Crippen LogP contribution < -0.4 is 10.2 Å². The molecule has 150 valence electrons. The van der Waals surface area contributed by atoms with Crippen LogP contribution in [-0.4, -0.2) is 53.2 Å². The van der Waals surface area contributed by atoms with Crippen molar-refractivity contribution < 1.29 is 29.1 Å². The van der Waals surface area contributed by atoms with Crippen LogP contribution in [0.5, 0.6) is 5.75 Å². The number of fused-ring (bicyclic) bond motifs is 1. The molecule has 1 fully saturated rings. The monoisotopic (exact) mass is 388 g/mol. The predicted molar refractivity (Wildman–Crippen MR) is 100 cm³/mol. The Hall–Kier alpha value is -2.87. The minimum atomic E-state index is -0.649.